The number of aromatic amines is 1. The zero-order valence-electron chi connectivity index (χ0n) is 22.4. The SMILES string of the molecule is CNC(O)c1c(-c2ccc(F)cc2)oc2cc(N(C)S(C)(=O)=O)c(-c3ccc4[nH]c(-c5ccccc5)nc4n3)cc12. The molecule has 9 nitrogen and oxygen atoms in total. The van der Waals surface area contributed by atoms with Crippen molar-refractivity contribution in [1.29, 1.82) is 0 Å². The lowest BCUT2D eigenvalue weighted by atomic mass is 10.00. The second-order valence-corrected chi connectivity index (χ2v) is 11.7. The Morgan fingerprint density at radius 3 is 2.41 bits per heavy atom. The van der Waals surface area contributed by atoms with Gasteiger partial charge in [0.2, 0.25) is 10.0 Å². The average Bonchev–Trinajstić information content (AvgIpc) is 3.57. The number of furan rings is 1. The van der Waals surface area contributed by atoms with Gasteiger partial charge >= 0.3 is 0 Å². The number of H-pyrrole nitrogens is 1. The first kappa shape index (κ1) is 26.6. The molecule has 0 aliphatic rings. The van der Waals surface area contributed by atoms with Crippen LogP contribution in [0.5, 0.6) is 0 Å². The van der Waals surface area contributed by atoms with E-state index in [0.29, 0.717) is 56.3 Å². The summed E-state index contributed by atoms with van der Waals surface area (Å²) in [6.45, 7) is 0. The standard InChI is InChI=1S/C30H26FN5O4S/c1-32-30(37)26-21-15-20(22-13-14-23-29(33-22)35-28(34-23)18-7-5-4-6-8-18)24(36(2)41(3,38)39)16-25(21)40-27(26)17-9-11-19(31)12-10-17/h4-16,30,32,37H,1-3H3,(H,33,34,35). The van der Waals surface area contributed by atoms with Crippen molar-refractivity contribution in [3.05, 3.63) is 90.2 Å². The van der Waals surface area contributed by atoms with Crippen LogP contribution < -0.4 is 9.62 Å². The summed E-state index contributed by atoms with van der Waals surface area (Å²) in [5.74, 6) is 0.581. The Hall–Kier alpha value is -4.58. The van der Waals surface area contributed by atoms with Gasteiger partial charge in [-0.15, -0.1) is 0 Å². The molecule has 0 bridgehead atoms. The fraction of sp³-hybridized carbons (Fsp3) is 0.133. The Balaban J connectivity index is 1.60. The molecule has 11 heteroatoms. The van der Waals surface area contributed by atoms with Gasteiger partial charge in [0.05, 0.1) is 23.2 Å². The molecule has 0 saturated carbocycles. The van der Waals surface area contributed by atoms with Crippen LogP contribution in [0.15, 0.2) is 83.3 Å². The van der Waals surface area contributed by atoms with Crippen molar-refractivity contribution in [2.45, 2.75) is 6.23 Å². The molecular formula is C30H26FN5O4S. The largest absolute Gasteiger partial charge is 0.456 e. The van der Waals surface area contributed by atoms with Crippen LogP contribution in [0, 0.1) is 5.82 Å². The number of anilines is 1. The number of fused-ring (bicyclic) bond motifs is 2. The molecule has 208 valence electrons. The highest BCUT2D eigenvalue weighted by Gasteiger charge is 2.26. The highest BCUT2D eigenvalue weighted by atomic mass is 32.2. The molecule has 0 saturated heterocycles. The second kappa shape index (κ2) is 10.1. The lowest BCUT2D eigenvalue weighted by Gasteiger charge is -2.20. The first-order chi connectivity index (χ1) is 19.6. The topological polar surface area (TPSA) is 124 Å². The lowest BCUT2D eigenvalue weighted by molar-refractivity contribution is 0.150. The summed E-state index contributed by atoms with van der Waals surface area (Å²) < 4.78 is 46.4. The van der Waals surface area contributed by atoms with Gasteiger partial charge in [-0.2, -0.15) is 0 Å². The van der Waals surface area contributed by atoms with Gasteiger partial charge < -0.3 is 14.5 Å². The van der Waals surface area contributed by atoms with Crippen LogP contribution in [0.2, 0.25) is 0 Å². The molecule has 6 rings (SSSR count). The third kappa shape index (κ3) is 4.84. The number of aliphatic hydroxyl groups excluding tert-OH is 1. The minimum absolute atomic E-state index is 0.329. The summed E-state index contributed by atoms with van der Waals surface area (Å²) in [6, 6.07) is 22.4. The predicted octanol–water partition coefficient (Wildman–Crippen LogP) is 5.45. The number of benzene rings is 3. The van der Waals surface area contributed by atoms with E-state index in [1.165, 1.54) is 19.2 Å². The van der Waals surface area contributed by atoms with Gasteiger partial charge in [-0.05, 0) is 49.5 Å². The van der Waals surface area contributed by atoms with Crippen molar-refractivity contribution in [3.8, 4) is 34.0 Å². The number of sulfonamides is 1. The molecule has 3 N–H and O–H groups in total. The molecule has 0 radical (unpaired) electrons. The third-order valence-electron chi connectivity index (χ3n) is 7.00. The lowest BCUT2D eigenvalue weighted by Crippen LogP contribution is -2.25. The molecule has 1 atom stereocenters. The van der Waals surface area contributed by atoms with E-state index in [9.17, 15) is 17.9 Å². The Morgan fingerprint density at radius 1 is 1.00 bits per heavy atom. The number of rotatable bonds is 7. The molecule has 3 heterocycles. The van der Waals surface area contributed by atoms with Gasteiger partial charge in [-0.3, -0.25) is 9.62 Å². The van der Waals surface area contributed by atoms with Crippen molar-refractivity contribution in [1.82, 2.24) is 20.3 Å². The number of hydrogen-bond donors (Lipinski definition) is 3. The number of halogens is 1. The third-order valence-corrected chi connectivity index (χ3v) is 8.20. The van der Waals surface area contributed by atoms with Crippen LogP contribution in [0.3, 0.4) is 0 Å². The zero-order chi connectivity index (χ0) is 28.9. The van der Waals surface area contributed by atoms with E-state index in [2.05, 4.69) is 15.3 Å². The number of pyridine rings is 1. The Morgan fingerprint density at radius 2 is 1.73 bits per heavy atom. The van der Waals surface area contributed by atoms with Gasteiger partial charge in [-0.1, -0.05) is 30.3 Å². The smallest absolute Gasteiger partial charge is 0.232 e. The molecule has 0 amide bonds. The van der Waals surface area contributed by atoms with E-state index >= 15 is 0 Å². The van der Waals surface area contributed by atoms with Crippen molar-refractivity contribution >= 4 is 37.8 Å². The summed E-state index contributed by atoms with van der Waals surface area (Å²) in [6.07, 6.45) is -0.0162. The molecule has 0 aliphatic carbocycles. The Bertz CT molecular complexity index is 2000. The van der Waals surface area contributed by atoms with Crippen molar-refractivity contribution < 1.29 is 22.3 Å². The summed E-state index contributed by atoms with van der Waals surface area (Å²) in [7, 11) is -0.621. The van der Waals surface area contributed by atoms with Gasteiger partial charge in [-0.25, -0.2) is 22.8 Å². The molecule has 6 aromatic rings. The number of nitrogens with one attached hydrogen (secondary N) is 2. The molecule has 0 aliphatic heterocycles. The van der Waals surface area contributed by atoms with E-state index in [0.717, 1.165) is 21.6 Å². The second-order valence-electron chi connectivity index (χ2n) is 9.66. The predicted molar refractivity (Wildman–Crippen MR) is 157 cm³/mol. The fourth-order valence-corrected chi connectivity index (χ4v) is 5.31. The van der Waals surface area contributed by atoms with Crippen LogP contribution in [0.1, 0.15) is 11.8 Å². The van der Waals surface area contributed by atoms with Gasteiger partial charge in [0.1, 0.15) is 29.2 Å². The molecule has 0 fully saturated rings. The quantitative estimate of drug-likeness (QED) is 0.218. The van der Waals surface area contributed by atoms with Crippen LogP contribution in [-0.2, 0) is 10.0 Å². The first-order valence-electron chi connectivity index (χ1n) is 12.7. The summed E-state index contributed by atoms with van der Waals surface area (Å²) in [5, 5.41) is 14.3. The van der Waals surface area contributed by atoms with Crippen LogP contribution in [0.4, 0.5) is 10.1 Å². The molecule has 41 heavy (non-hydrogen) atoms. The van der Waals surface area contributed by atoms with Crippen molar-refractivity contribution in [2.75, 3.05) is 24.7 Å². The van der Waals surface area contributed by atoms with Gasteiger partial charge in [0, 0.05) is 40.8 Å². The minimum Gasteiger partial charge on any atom is -0.456 e. The van der Waals surface area contributed by atoms with Crippen LogP contribution in [0.25, 0.3) is 56.1 Å². The van der Waals surface area contributed by atoms with Crippen LogP contribution >= 0.6 is 0 Å². The normalized spacial score (nSPS) is 12.7. The number of imidazole rings is 1. The maximum absolute atomic E-state index is 13.7. The monoisotopic (exact) mass is 571 g/mol. The molecule has 0 spiro atoms. The molecule has 3 aromatic carbocycles. The number of aliphatic hydroxyl groups is 1. The number of aromatic nitrogens is 3. The van der Waals surface area contributed by atoms with Gasteiger partial charge in [0.25, 0.3) is 0 Å². The average molecular weight is 572 g/mol. The van der Waals surface area contributed by atoms with E-state index < -0.39 is 22.1 Å². The maximum atomic E-state index is 13.7. The molecule has 1 unspecified atom stereocenters. The van der Waals surface area contributed by atoms with E-state index in [-0.39, 0.29) is 0 Å². The van der Waals surface area contributed by atoms with E-state index in [1.54, 1.807) is 37.4 Å². The Labute approximate surface area is 235 Å². The summed E-state index contributed by atoms with van der Waals surface area (Å²) >= 11 is 0. The first-order valence-corrected chi connectivity index (χ1v) is 14.6. The Kier molecular flexibility index (Phi) is 6.57. The molecule has 3 aromatic heterocycles. The molecular weight excluding hydrogens is 545 g/mol. The summed E-state index contributed by atoms with van der Waals surface area (Å²) in [5.41, 5.74) is 4.71. The van der Waals surface area contributed by atoms with Crippen molar-refractivity contribution in [3.63, 3.8) is 0 Å². The maximum Gasteiger partial charge on any atom is 0.232 e. The number of nitrogens with zero attached hydrogens (tertiary/aromatic N) is 3. The van der Waals surface area contributed by atoms with E-state index in [1.807, 2.05) is 36.4 Å². The highest BCUT2D eigenvalue weighted by Crippen LogP contribution is 2.42. The number of hydrogen-bond acceptors (Lipinski definition) is 7. The summed E-state index contributed by atoms with van der Waals surface area (Å²) in [4.78, 5) is 12.7. The highest BCUT2D eigenvalue weighted by molar-refractivity contribution is 7.92. The van der Waals surface area contributed by atoms with Crippen molar-refractivity contribution in [2.24, 2.45) is 0 Å². The zero-order valence-corrected chi connectivity index (χ0v) is 23.2. The van der Waals surface area contributed by atoms with Crippen LogP contribution in [-0.4, -0.2) is 48.8 Å². The minimum atomic E-state index is -3.67. The van der Waals surface area contributed by atoms with Gasteiger partial charge in [0.15, 0.2) is 5.65 Å². The van der Waals surface area contributed by atoms with E-state index in [4.69, 9.17) is 9.40 Å². The fourth-order valence-electron chi connectivity index (χ4n) is 4.80.